The lowest BCUT2D eigenvalue weighted by molar-refractivity contribution is 0.173. The van der Waals surface area contributed by atoms with Crippen LogP contribution >= 0.6 is 22.9 Å². The Morgan fingerprint density at radius 1 is 1.04 bits per heavy atom. The highest BCUT2D eigenvalue weighted by Gasteiger charge is 2.13. The maximum absolute atomic E-state index is 5.87. The van der Waals surface area contributed by atoms with E-state index in [4.69, 9.17) is 30.5 Å². The van der Waals surface area contributed by atoms with E-state index in [1.165, 1.54) is 0 Å². The molecule has 8 heteroatoms. The van der Waals surface area contributed by atoms with Crippen LogP contribution in [-0.4, -0.2) is 24.9 Å². The topological polar surface area (TPSA) is 61.8 Å². The first kappa shape index (κ1) is 18.9. The van der Waals surface area contributed by atoms with E-state index in [-0.39, 0.29) is 6.79 Å². The van der Waals surface area contributed by atoms with Crippen molar-refractivity contribution in [1.29, 1.82) is 0 Å². The highest BCUT2D eigenvalue weighted by atomic mass is 35.5. The zero-order valence-electron chi connectivity index (χ0n) is 15.0. The summed E-state index contributed by atoms with van der Waals surface area (Å²) in [6, 6.07) is 12.9. The normalized spacial score (nSPS) is 12.2. The van der Waals surface area contributed by atoms with Crippen molar-refractivity contribution >= 4 is 22.9 Å². The van der Waals surface area contributed by atoms with Gasteiger partial charge in [0, 0.05) is 29.6 Å². The predicted molar refractivity (Wildman–Crippen MR) is 108 cm³/mol. The average Bonchev–Trinajstić information content (AvgIpc) is 3.36. The Morgan fingerprint density at radius 2 is 1.86 bits per heavy atom. The number of ether oxygens (including phenoxy) is 4. The molecule has 1 N–H and O–H groups in total. The first-order valence-corrected chi connectivity index (χ1v) is 10.1. The SMILES string of the molecule is Clc1ccc(OCc2nc(CNCCOc3ccc4c(c3)OCO4)cs2)cc1. The molecule has 146 valence electrons. The maximum atomic E-state index is 5.87. The van der Waals surface area contributed by atoms with E-state index in [9.17, 15) is 0 Å². The number of benzene rings is 2. The Bertz CT molecular complexity index is 917. The molecule has 0 saturated heterocycles. The molecule has 0 amide bonds. The summed E-state index contributed by atoms with van der Waals surface area (Å²) in [5, 5.41) is 6.99. The van der Waals surface area contributed by atoms with Crippen LogP contribution in [0.1, 0.15) is 10.7 Å². The average molecular weight is 419 g/mol. The van der Waals surface area contributed by atoms with Crippen molar-refractivity contribution in [1.82, 2.24) is 10.3 Å². The fraction of sp³-hybridized carbons (Fsp3) is 0.250. The molecule has 2 heterocycles. The highest BCUT2D eigenvalue weighted by molar-refractivity contribution is 7.09. The third-order valence-electron chi connectivity index (χ3n) is 3.97. The lowest BCUT2D eigenvalue weighted by Gasteiger charge is -2.07. The summed E-state index contributed by atoms with van der Waals surface area (Å²) >= 11 is 7.45. The molecule has 0 saturated carbocycles. The van der Waals surface area contributed by atoms with E-state index in [1.807, 2.05) is 35.7 Å². The minimum Gasteiger partial charge on any atom is -0.492 e. The van der Waals surface area contributed by atoms with E-state index >= 15 is 0 Å². The van der Waals surface area contributed by atoms with Crippen molar-refractivity contribution in [2.24, 2.45) is 0 Å². The summed E-state index contributed by atoms with van der Waals surface area (Å²) in [6.07, 6.45) is 0. The number of fused-ring (bicyclic) bond motifs is 1. The van der Waals surface area contributed by atoms with Gasteiger partial charge in [-0.15, -0.1) is 11.3 Å². The molecule has 0 fully saturated rings. The van der Waals surface area contributed by atoms with Crippen LogP contribution in [0.15, 0.2) is 47.8 Å². The minimum atomic E-state index is 0.265. The molecule has 0 radical (unpaired) electrons. The third kappa shape index (κ3) is 5.07. The Kier molecular flexibility index (Phi) is 6.16. The molecule has 6 nitrogen and oxygen atoms in total. The van der Waals surface area contributed by atoms with Crippen LogP contribution in [0, 0.1) is 0 Å². The predicted octanol–water partition coefficient (Wildman–Crippen LogP) is 4.27. The molecular weight excluding hydrogens is 400 g/mol. The molecule has 0 atom stereocenters. The summed E-state index contributed by atoms with van der Waals surface area (Å²) in [4.78, 5) is 4.57. The fourth-order valence-corrected chi connectivity index (χ4v) is 3.43. The van der Waals surface area contributed by atoms with Crippen molar-refractivity contribution in [2.75, 3.05) is 19.9 Å². The van der Waals surface area contributed by atoms with Crippen LogP contribution < -0.4 is 24.3 Å². The van der Waals surface area contributed by atoms with Gasteiger partial charge in [0.05, 0.1) is 5.69 Å². The molecule has 1 aromatic heterocycles. The van der Waals surface area contributed by atoms with Gasteiger partial charge in [-0.3, -0.25) is 0 Å². The molecule has 2 aromatic carbocycles. The summed E-state index contributed by atoms with van der Waals surface area (Å²) in [6.45, 7) is 2.65. The number of nitrogens with zero attached hydrogens (tertiary/aromatic N) is 1. The number of halogens is 1. The molecule has 1 aliphatic rings. The molecule has 0 bridgehead atoms. The number of nitrogens with one attached hydrogen (secondary N) is 1. The summed E-state index contributed by atoms with van der Waals surface area (Å²) in [5.74, 6) is 3.02. The quantitative estimate of drug-likeness (QED) is 0.523. The van der Waals surface area contributed by atoms with Gasteiger partial charge in [0.2, 0.25) is 6.79 Å². The van der Waals surface area contributed by atoms with E-state index in [2.05, 4.69) is 10.3 Å². The zero-order chi connectivity index (χ0) is 19.2. The van der Waals surface area contributed by atoms with E-state index in [0.717, 1.165) is 33.7 Å². The monoisotopic (exact) mass is 418 g/mol. The van der Waals surface area contributed by atoms with Crippen molar-refractivity contribution < 1.29 is 18.9 Å². The van der Waals surface area contributed by atoms with Crippen molar-refractivity contribution in [3.8, 4) is 23.0 Å². The maximum Gasteiger partial charge on any atom is 0.231 e. The number of hydrogen-bond donors (Lipinski definition) is 1. The second-order valence-corrected chi connectivity index (χ2v) is 7.39. The standard InChI is InChI=1S/C20H19ClN2O4S/c21-14-1-3-16(4-2-14)25-11-20-23-15(12-28-20)10-22-7-8-24-17-5-6-18-19(9-17)27-13-26-18/h1-6,9,12,22H,7-8,10-11,13H2. The van der Waals surface area contributed by atoms with Gasteiger partial charge in [-0.2, -0.15) is 0 Å². The smallest absolute Gasteiger partial charge is 0.231 e. The lowest BCUT2D eigenvalue weighted by Crippen LogP contribution is -2.20. The highest BCUT2D eigenvalue weighted by Crippen LogP contribution is 2.35. The van der Waals surface area contributed by atoms with Gasteiger partial charge >= 0.3 is 0 Å². The van der Waals surface area contributed by atoms with Gasteiger partial charge in [-0.1, -0.05) is 11.6 Å². The molecule has 0 spiro atoms. The van der Waals surface area contributed by atoms with Crippen LogP contribution in [-0.2, 0) is 13.2 Å². The lowest BCUT2D eigenvalue weighted by atomic mass is 10.3. The van der Waals surface area contributed by atoms with Crippen LogP contribution in [0.25, 0.3) is 0 Å². The number of thiazole rings is 1. The molecule has 0 aliphatic carbocycles. The molecule has 28 heavy (non-hydrogen) atoms. The fourth-order valence-electron chi connectivity index (χ4n) is 2.60. The van der Waals surface area contributed by atoms with Gasteiger partial charge in [0.1, 0.15) is 29.7 Å². The second-order valence-electron chi connectivity index (χ2n) is 6.02. The summed E-state index contributed by atoms with van der Waals surface area (Å²) in [7, 11) is 0. The number of hydrogen-bond acceptors (Lipinski definition) is 7. The Labute approximate surface area is 172 Å². The first-order valence-electron chi connectivity index (χ1n) is 8.81. The minimum absolute atomic E-state index is 0.265. The van der Waals surface area contributed by atoms with E-state index in [0.29, 0.717) is 31.3 Å². The second kappa shape index (κ2) is 9.14. The van der Waals surface area contributed by atoms with Crippen LogP contribution in [0.2, 0.25) is 5.02 Å². The Hall–Kier alpha value is -2.48. The summed E-state index contributed by atoms with van der Waals surface area (Å²) < 4.78 is 22.1. The first-order chi connectivity index (χ1) is 13.8. The van der Waals surface area contributed by atoms with Crippen LogP contribution in [0.5, 0.6) is 23.0 Å². The molecule has 1 aliphatic heterocycles. The van der Waals surface area contributed by atoms with Gasteiger partial charge in [0.15, 0.2) is 11.5 Å². The van der Waals surface area contributed by atoms with Crippen molar-refractivity contribution in [3.05, 3.63) is 63.6 Å². The number of aromatic nitrogens is 1. The van der Waals surface area contributed by atoms with Gasteiger partial charge in [-0.25, -0.2) is 4.98 Å². The Balaban J connectivity index is 1.15. The molecule has 4 rings (SSSR count). The largest absolute Gasteiger partial charge is 0.492 e. The third-order valence-corrected chi connectivity index (χ3v) is 5.10. The van der Waals surface area contributed by atoms with Crippen LogP contribution in [0.3, 0.4) is 0 Å². The van der Waals surface area contributed by atoms with E-state index in [1.54, 1.807) is 23.5 Å². The van der Waals surface area contributed by atoms with Crippen LogP contribution in [0.4, 0.5) is 0 Å². The Morgan fingerprint density at radius 3 is 2.75 bits per heavy atom. The molecule has 0 unspecified atom stereocenters. The van der Waals surface area contributed by atoms with Crippen molar-refractivity contribution in [2.45, 2.75) is 13.2 Å². The zero-order valence-corrected chi connectivity index (χ0v) is 16.6. The number of rotatable bonds is 9. The molecular formula is C20H19ClN2O4S. The van der Waals surface area contributed by atoms with E-state index < -0.39 is 0 Å². The van der Waals surface area contributed by atoms with Gasteiger partial charge in [0.25, 0.3) is 0 Å². The van der Waals surface area contributed by atoms with Gasteiger partial charge < -0.3 is 24.3 Å². The molecule has 3 aromatic rings. The van der Waals surface area contributed by atoms with Crippen molar-refractivity contribution in [3.63, 3.8) is 0 Å². The summed E-state index contributed by atoms with van der Waals surface area (Å²) in [5.41, 5.74) is 0.989. The van der Waals surface area contributed by atoms with Gasteiger partial charge in [-0.05, 0) is 36.4 Å².